The van der Waals surface area contributed by atoms with Gasteiger partial charge in [0.25, 0.3) is 0 Å². The van der Waals surface area contributed by atoms with Crippen molar-refractivity contribution in [2.45, 2.75) is 6.36 Å². The van der Waals surface area contributed by atoms with Gasteiger partial charge in [0, 0.05) is 29.6 Å². The predicted molar refractivity (Wildman–Crippen MR) is 111 cm³/mol. The molecule has 0 amide bonds. The van der Waals surface area contributed by atoms with Gasteiger partial charge < -0.3 is 10.1 Å². The quantitative estimate of drug-likeness (QED) is 0.414. The van der Waals surface area contributed by atoms with Crippen LogP contribution in [0.1, 0.15) is 10.5 Å². The summed E-state index contributed by atoms with van der Waals surface area (Å²) in [6.07, 6.45) is -2.35. The number of carbonyl (C=O) groups excluding carboxylic acids is 1. The van der Waals surface area contributed by atoms with Crippen molar-refractivity contribution >= 4 is 33.7 Å². The van der Waals surface area contributed by atoms with Gasteiger partial charge in [-0.05, 0) is 23.8 Å². The van der Waals surface area contributed by atoms with E-state index < -0.39 is 6.36 Å². The molecule has 4 aromatic rings. The largest absolute Gasteiger partial charge is 0.573 e. The van der Waals surface area contributed by atoms with Crippen molar-refractivity contribution in [2.24, 2.45) is 0 Å². The number of para-hydroxylation sites is 1. The SMILES string of the molecule is CNc1nccs1.O=Cc1ccc2cccc(-c3cccc(OC(F)(F)F)c3)c2n1. The summed E-state index contributed by atoms with van der Waals surface area (Å²) in [6.45, 7) is 0. The maximum Gasteiger partial charge on any atom is 0.573 e. The highest BCUT2D eigenvalue weighted by molar-refractivity contribution is 7.13. The number of halogens is 3. The highest BCUT2D eigenvalue weighted by atomic mass is 32.1. The molecule has 4 rings (SSSR count). The normalized spacial score (nSPS) is 10.8. The third-order valence-electron chi connectivity index (χ3n) is 3.89. The molecule has 2 aromatic carbocycles. The molecule has 0 bridgehead atoms. The number of aldehydes is 1. The Morgan fingerprint density at radius 3 is 2.53 bits per heavy atom. The maximum absolute atomic E-state index is 12.4. The van der Waals surface area contributed by atoms with Crippen LogP contribution in [0.5, 0.6) is 5.75 Å². The van der Waals surface area contributed by atoms with Gasteiger partial charge in [-0.25, -0.2) is 9.97 Å². The van der Waals surface area contributed by atoms with Crippen LogP contribution in [0, 0.1) is 0 Å². The molecule has 0 spiro atoms. The highest BCUT2D eigenvalue weighted by Gasteiger charge is 2.31. The Morgan fingerprint density at radius 2 is 1.90 bits per heavy atom. The van der Waals surface area contributed by atoms with Crippen LogP contribution in [-0.2, 0) is 0 Å². The molecule has 0 atom stereocenters. The molecule has 9 heteroatoms. The van der Waals surface area contributed by atoms with Crippen molar-refractivity contribution in [3.05, 3.63) is 71.9 Å². The fourth-order valence-corrected chi connectivity index (χ4v) is 3.16. The molecule has 0 saturated carbocycles. The number of alkyl halides is 3. The van der Waals surface area contributed by atoms with Gasteiger partial charge in [-0.2, -0.15) is 0 Å². The van der Waals surface area contributed by atoms with Crippen molar-refractivity contribution in [3.8, 4) is 16.9 Å². The fourth-order valence-electron chi connectivity index (χ4n) is 2.67. The number of nitrogens with one attached hydrogen (secondary N) is 1. The van der Waals surface area contributed by atoms with Crippen LogP contribution in [-0.4, -0.2) is 29.7 Å². The lowest BCUT2D eigenvalue weighted by molar-refractivity contribution is -0.274. The van der Waals surface area contributed by atoms with Gasteiger partial charge >= 0.3 is 6.36 Å². The molecule has 2 aromatic heterocycles. The molecule has 0 aliphatic rings. The lowest BCUT2D eigenvalue weighted by Crippen LogP contribution is -2.17. The molecular weight excluding hydrogens is 415 g/mol. The molecule has 154 valence electrons. The number of ether oxygens (including phenoxy) is 1. The number of nitrogens with zero attached hydrogens (tertiary/aromatic N) is 2. The molecule has 1 N–H and O–H groups in total. The third-order valence-corrected chi connectivity index (χ3v) is 4.68. The van der Waals surface area contributed by atoms with Gasteiger partial charge in [-0.3, -0.25) is 4.79 Å². The number of rotatable bonds is 4. The third kappa shape index (κ3) is 5.54. The van der Waals surface area contributed by atoms with E-state index in [-0.39, 0.29) is 11.4 Å². The zero-order chi connectivity index (χ0) is 21.6. The summed E-state index contributed by atoms with van der Waals surface area (Å²) in [4.78, 5) is 19.1. The first-order chi connectivity index (χ1) is 14.4. The maximum atomic E-state index is 12.4. The summed E-state index contributed by atoms with van der Waals surface area (Å²) in [5, 5.41) is 6.61. The Hall–Kier alpha value is -3.46. The first-order valence-electron chi connectivity index (χ1n) is 8.68. The first kappa shape index (κ1) is 21.3. The van der Waals surface area contributed by atoms with E-state index in [1.54, 1.807) is 47.9 Å². The predicted octanol–water partition coefficient (Wildman–Crippen LogP) is 5.80. The van der Waals surface area contributed by atoms with Gasteiger partial charge in [0.15, 0.2) is 11.4 Å². The fraction of sp³-hybridized carbons (Fsp3) is 0.0952. The standard InChI is InChI=1S/C17H10F3NO2.C4H6N2S/c18-17(19,20)23-14-5-1-4-12(9-14)15-6-2-3-11-7-8-13(10-22)21-16(11)15;1-5-4-6-2-3-7-4/h1-10H;2-3H,1H3,(H,5,6). The summed E-state index contributed by atoms with van der Waals surface area (Å²) in [6, 6.07) is 14.3. The second-order valence-electron chi connectivity index (χ2n) is 5.89. The summed E-state index contributed by atoms with van der Waals surface area (Å²) >= 11 is 1.60. The van der Waals surface area contributed by atoms with Crippen molar-refractivity contribution in [2.75, 3.05) is 12.4 Å². The molecule has 0 aliphatic heterocycles. The number of fused-ring (bicyclic) bond motifs is 1. The Bertz CT molecular complexity index is 1130. The summed E-state index contributed by atoms with van der Waals surface area (Å²) < 4.78 is 41.0. The summed E-state index contributed by atoms with van der Waals surface area (Å²) in [5.41, 5.74) is 1.95. The van der Waals surface area contributed by atoms with Gasteiger partial charge in [0.2, 0.25) is 0 Å². The zero-order valence-corrected chi connectivity index (χ0v) is 16.5. The van der Waals surface area contributed by atoms with Crippen LogP contribution in [0.25, 0.3) is 22.0 Å². The van der Waals surface area contributed by atoms with Crippen molar-refractivity contribution in [1.82, 2.24) is 9.97 Å². The van der Waals surface area contributed by atoms with Gasteiger partial charge in [0.05, 0.1) is 5.52 Å². The second-order valence-corrected chi connectivity index (χ2v) is 6.79. The Balaban J connectivity index is 0.000000310. The molecule has 0 saturated heterocycles. The van der Waals surface area contributed by atoms with Crippen molar-refractivity contribution in [1.29, 1.82) is 0 Å². The molecule has 0 unspecified atom stereocenters. The van der Waals surface area contributed by atoms with Crippen molar-refractivity contribution in [3.63, 3.8) is 0 Å². The van der Waals surface area contributed by atoms with Crippen LogP contribution >= 0.6 is 11.3 Å². The molecule has 30 heavy (non-hydrogen) atoms. The van der Waals surface area contributed by atoms with Gasteiger partial charge in [-0.1, -0.05) is 36.4 Å². The number of aromatic nitrogens is 2. The Kier molecular flexibility index (Phi) is 6.63. The molecule has 0 fully saturated rings. The smallest absolute Gasteiger partial charge is 0.406 e. The molecule has 2 heterocycles. The van der Waals surface area contributed by atoms with Gasteiger partial charge in [0.1, 0.15) is 11.4 Å². The van der Waals surface area contributed by atoms with E-state index in [0.717, 1.165) is 10.5 Å². The van der Waals surface area contributed by atoms with E-state index in [2.05, 4.69) is 20.0 Å². The number of hydrogen-bond acceptors (Lipinski definition) is 6. The van der Waals surface area contributed by atoms with E-state index in [4.69, 9.17) is 0 Å². The summed E-state index contributed by atoms with van der Waals surface area (Å²) in [5.74, 6) is -0.307. The van der Waals surface area contributed by atoms with Crippen molar-refractivity contribution < 1.29 is 22.7 Å². The van der Waals surface area contributed by atoms with Gasteiger partial charge in [-0.15, -0.1) is 24.5 Å². The minimum Gasteiger partial charge on any atom is -0.406 e. The van der Waals surface area contributed by atoms with E-state index in [9.17, 15) is 18.0 Å². The van der Waals surface area contributed by atoms with Crippen LogP contribution in [0.15, 0.2) is 66.2 Å². The second kappa shape index (κ2) is 9.36. The van der Waals surface area contributed by atoms with Crippen LogP contribution in [0.2, 0.25) is 0 Å². The van der Waals surface area contributed by atoms with E-state index in [1.165, 1.54) is 18.2 Å². The lowest BCUT2D eigenvalue weighted by atomic mass is 10.0. The number of thiazole rings is 1. The highest BCUT2D eigenvalue weighted by Crippen LogP contribution is 2.31. The molecule has 5 nitrogen and oxygen atoms in total. The van der Waals surface area contributed by atoms with E-state index >= 15 is 0 Å². The lowest BCUT2D eigenvalue weighted by Gasteiger charge is -2.11. The van der Waals surface area contributed by atoms with Crippen LogP contribution in [0.3, 0.4) is 0 Å². The molecule has 0 radical (unpaired) electrons. The number of benzene rings is 2. The topological polar surface area (TPSA) is 64.1 Å². The van der Waals surface area contributed by atoms with E-state index in [0.29, 0.717) is 22.9 Å². The monoisotopic (exact) mass is 431 g/mol. The number of hydrogen-bond donors (Lipinski definition) is 1. The first-order valence-corrected chi connectivity index (χ1v) is 9.56. The Morgan fingerprint density at radius 1 is 1.10 bits per heavy atom. The molecular formula is C21H16F3N3O2S. The van der Waals surface area contributed by atoms with E-state index in [1.807, 2.05) is 18.5 Å². The zero-order valence-electron chi connectivity index (χ0n) is 15.7. The number of anilines is 1. The van der Waals surface area contributed by atoms with Crippen LogP contribution in [0.4, 0.5) is 18.3 Å². The minimum atomic E-state index is -4.75. The molecule has 0 aliphatic carbocycles. The number of pyridine rings is 1. The average Bonchev–Trinajstić information content (AvgIpc) is 3.26. The average molecular weight is 431 g/mol. The van der Waals surface area contributed by atoms with Crippen LogP contribution < -0.4 is 10.1 Å². The summed E-state index contributed by atoms with van der Waals surface area (Å²) in [7, 11) is 1.86. The minimum absolute atomic E-state index is 0.257. The Labute approximate surface area is 174 Å². The number of carbonyl (C=O) groups is 1.